The van der Waals surface area contributed by atoms with Crippen LogP contribution in [0.25, 0.3) is 11.1 Å². The third-order valence-electron chi connectivity index (χ3n) is 7.57. The van der Waals surface area contributed by atoms with Crippen molar-refractivity contribution in [1.29, 1.82) is 0 Å². The van der Waals surface area contributed by atoms with E-state index in [1.165, 1.54) is 28.8 Å². The Hall–Kier alpha value is -2.87. The van der Waals surface area contributed by atoms with Gasteiger partial charge in [0.05, 0.1) is 12.7 Å². The van der Waals surface area contributed by atoms with Gasteiger partial charge in [0.2, 0.25) is 20.0 Å². The highest BCUT2D eigenvalue weighted by atomic mass is 32.2. The van der Waals surface area contributed by atoms with Crippen LogP contribution in [0.3, 0.4) is 0 Å². The zero-order valence-corrected chi connectivity index (χ0v) is 23.9. The van der Waals surface area contributed by atoms with E-state index in [-0.39, 0.29) is 48.3 Å². The molecule has 3 aromatic rings. The number of aliphatic hydroxyl groups excluding tert-OH is 1. The largest absolute Gasteiger partial charge is 0.492 e. The van der Waals surface area contributed by atoms with Gasteiger partial charge in [-0.25, -0.2) is 21.6 Å². The molecule has 0 amide bonds. The third-order valence-corrected chi connectivity index (χ3v) is 10.9. The molecule has 1 spiro atoms. The van der Waals surface area contributed by atoms with Crippen molar-refractivity contribution >= 4 is 20.0 Å². The molecular weight excluding hydrogens is 552 g/mol. The zero-order chi connectivity index (χ0) is 28.4. The molecule has 0 aliphatic carbocycles. The summed E-state index contributed by atoms with van der Waals surface area (Å²) in [5.41, 5.74) is 1.26. The van der Waals surface area contributed by atoms with Gasteiger partial charge in [-0.05, 0) is 55.3 Å². The van der Waals surface area contributed by atoms with Gasteiger partial charge in [-0.2, -0.15) is 4.31 Å². The Kier molecular flexibility index (Phi) is 8.27. The van der Waals surface area contributed by atoms with Crippen molar-refractivity contribution in [3.63, 3.8) is 0 Å². The number of aliphatic hydroxyl groups is 1. The number of aromatic nitrogens is 1. The first-order valence-corrected chi connectivity index (χ1v) is 16.1. The van der Waals surface area contributed by atoms with Gasteiger partial charge in [0.1, 0.15) is 15.5 Å². The number of fused-ring (bicyclic) bond motifs is 1. The second-order valence-corrected chi connectivity index (χ2v) is 14.3. The number of sulfonamides is 2. The maximum absolute atomic E-state index is 13.2. The quantitative estimate of drug-likeness (QED) is 0.478. The van der Waals surface area contributed by atoms with Crippen LogP contribution in [0.15, 0.2) is 82.8 Å². The summed E-state index contributed by atoms with van der Waals surface area (Å²) < 4.78 is 63.2. The number of hydrogen-bond acceptors (Lipinski definition) is 8. The lowest BCUT2D eigenvalue weighted by molar-refractivity contribution is 0.0318. The molecule has 2 aliphatic heterocycles. The van der Waals surface area contributed by atoms with E-state index in [1.807, 2.05) is 42.3 Å². The Morgan fingerprint density at radius 2 is 1.80 bits per heavy atom. The van der Waals surface area contributed by atoms with E-state index in [4.69, 9.17) is 4.74 Å². The normalized spacial score (nSPS) is 22.4. The molecular formula is C28H34N4O6S2. The summed E-state index contributed by atoms with van der Waals surface area (Å²) in [6.07, 6.45) is 2.98. The second kappa shape index (κ2) is 11.6. The summed E-state index contributed by atoms with van der Waals surface area (Å²) in [5, 5.41) is 10.6. The van der Waals surface area contributed by atoms with E-state index < -0.39 is 31.6 Å². The molecule has 10 nitrogen and oxygen atoms in total. The predicted octanol–water partition coefficient (Wildman–Crippen LogP) is 2.18. The van der Waals surface area contributed by atoms with Gasteiger partial charge in [0, 0.05) is 50.5 Å². The smallest absolute Gasteiger partial charge is 0.244 e. The van der Waals surface area contributed by atoms with Gasteiger partial charge < -0.3 is 14.7 Å². The molecule has 1 saturated heterocycles. The minimum Gasteiger partial charge on any atom is -0.492 e. The predicted molar refractivity (Wildman–Crippen MR) is 151 cm³/mol. The number of pyridine rings is 1. The molecule has 214 valence electrons. The maximum atomic E-state index is 13.2. The van der Waals surface area contributed by atoms with Crippen LogP contribution in [0, 0.1) is 5.41 Å². The molecule has 2 N–H and O–H groups in total. The zero-order valence-electron chi connectivity index (χ0n) is 22.3. The van der Waals surface area contributed by atoms with E-state index in [1.54, 1.807) is 18.2 Å². The van der Waals surface area contributed by atoms with E-state index in [9.17, 15) is 21.9 Å². The van der Waals surface area contributed by atoms with Crippen LogP contribution in [-0.4, -0.2) is 88.6 Å². The molecule has 0 radical (unpaired) electrons. The number of piperidine rings is 1. The van der Waals surface area contributed by atoms with Crippen LogP contribution in [0.1, 0.15) is 12.8 Å². The lowest BCUT2D eigenvalue weighted by Gasteiger charge is -2.43. The summed E-state index contributed by atoms with van der Waals surface area (Å²) in [5.74, 6) is 0.219. The number of nitrogens with one attached hydrogen (secondary N) is 1. The van der Waals surface area contributed by atoms with Crippen LogP contribution in [0.4, 0.5) is 0 Å². The van der Waals surface area contributed by atoms with Gasteiger partial charge in [-0.15, -0.1) is 0 Å². The first-order valence-electron chi connectivity index (χ1n) is 13.2. The lowest BCUT2D eigenvalue weighted by atomic mass is 9.79. The Morgan fingerprint density at radius 1 is 1.05 bits per heavy atom. The molecule has 3 heterocycles. The number of rotatable bonds is 3. The highest BCUT2D eigenvalue weighted by Crippen LogP contribution is 2.37. The number of benzene rings is 2. The van der Waals surface area contributed by atoms with Crippen molar-refractivity contribution in [2.75, 3.05) is 46.4 Å². The fourth-order valence-corrected chi connectivity index (χ4v) is 8.03. The highest BCUT2D eigenvalue weighted by Gasteiger charge is 2.41. The van der Waals surface area contributed by atoms with Crippen LogP contribution in [-0.2, 0) is 20.0 Å². The highest BCUT2D eigenvalue weighted by molar-refractivity contribution is 7.89. The average Bonchev–Trinajstić information content (AvgIpc) is 2.95. The summed E-state index contributed by atoms with van der Waals surface area (Å²) in [7, 11) is -5.79. The fourth-order valence-electron chi connectivity index (χ4n) is 5.43. The molecule has 5 rings (SSSR count). The first kappa shape index (κ1) is 28.7. The number of nitrogens with zero attached hydrogens (tertiary/aromatic N) is 3. The molecule has 0 bridgehead atoms. The minimum atomic E-state index is -3.97. The molecule has 1 unspecified atom stereocenters. The number of hydrogen-bond donors (Lipinski definition) is 2. The van der Waals surface area contributed by atoms with Gasteiger partial charge in [-0.1, -0.05) is 36.4 Å². The topological polar surface area (TPSA) is 129 Å². The molecule has 1 fully saturated rings. The van der Waals surface area contributed by atoms with Gasteiger partial charge in [0.25, 0.3) is 0 Å². The lowest BCUT2D eigenvalue weighted by Crippen LogP contribution is -2.51. The van der Waals surface area contributed by atoms with Crippen molar-refractivity contribution in [2.45, 2.75) is 28.7 Å². The molecule has 12 heteroatoms. The standard InChI is InChI=1S/C28H34N4O6S2/c1-31-19-24(33)17-30-39(34,35)27-10-9-23(22-6-3-2-4-7-22)16-26(27)38-21-28(20-31)11-14-32(15-12-28)40(36,37)25-8-5-13-29-18-25/h2-10,13,16,18,24,30,33H,11-12,14-15,17,19-21H2,1H3. The number of β-amino-alcohol motifs (C(OH)–C–C–N with tert-alkyl or cyclic N) is 1. The van der Waals surface area contributed by atoms with Crippen molar-refractivity contribution in [1.82, 2.24) is 18.9 Å². The van der Waals surface area contributed by atoms with Crippen LogP contribution in [0.2, 0.25) is 0 Å². The van der Waals surface area contributed by atoms with E-state index in [2.05, 4.69) is 9.71 Å². The first-order chi connectivity index (χ1) is 19.1. The number of likely N-dealkylation sites (N-methyl/N-ethyl adjacent to an activating group) is 1. The van der Waals surface area contributed by atoms with E-state index in [0.717, 1.165) is 11.1 Å². The summed E-state index contributed by atoms with van der Waals surface area (Å²) in [4.78, 5) is 6.07. The third kappa shape index (κ3) is 6.22. The van der Waals surface area contributed by atoms with Crippen molar-refractivity contribution < 1.29 is 26.7 Å². The molecule has 0 saturated carbocycles. The molecule has 2 aromatic carbocycles. The van der Waals surface area contributed by atoms with Gasteiger partial charge in [-0.3, -0.25) is 4.98 Å². The summed E-state index contributed by atoms with van der Waals surface area (Å²) >= 11 is 0. The van der Waals surface area contributed by atoms with Crippen LogP contribution in [0.5, 0.6) is 5.75 Å². The van der Waals surface area contributed by atoms with E-state index >= 15 is 0 Å². The van der Waals surface area contributed by atoms with Gasteiger partial charge in [0.15, 0.2) is 0 Å². The minimum absolute atomic E-state index is 0.0000468. The monoisotopic (exact) mass is 586 g/mol. The second-order valence-electron chi connectivity index (χ2n) is 10.6. The number of ether oxygens (including phenoxy) is 1. The Morgan fingerprint density at radius 3 is 2.50 bits per heavy atom. The molecule has 1 aromatic heterocycles. The molecule has 2 aliphatic rings. The van der Waals surface area contributed by atoms with Crippen molar-refractivity contribution in [3.8, 4) is 16.9 Å². The van der Waals surface area contributed by atoms with Gasteiger partial charge >= 0.3 is 0 Å². The maximum Gasteiger partial charge on any atom is 0.244 e. The average molecular weight is 587 g/mol. The SMILES string of the molecule is CN1CC(O)CNS(=O)(=O)c2ccc(-c3ccccc3)cc2OCC2(CCN(S(=O)(=O)c3cccnc3)CC2)C1. The molecule has 1 atom stereocenters. The Balaban J connectivity index is 1.46. The van der Waals surface area contributed by atoms with E-state index in [0.29, 0.717) is 19.4 Å². The Bertz CT molecular complexity index is 1530. The van der Waals surface area contributed by atoms with Crippen molar-refractivity contribution in [2.24, 2.45) is 5.41 Å². The van der Waals surface area contributed by atoms with Crippen LogP contribution >= 0.6 is 0 Å². The summed E-state index contributed by atoms with van der Waals surface area (Å²) in [6.45, 7) is 1.42. The fraction of sp³-hybridized carbons (Fsp3) is 0.393. The molecule has 40 heavy (non-hydrogen) atoms. The van der Waals surface area contributed by atoms with Crippen molar-refractivity contribution in [3.05, 3.63) is 73.1 Å². The Labute approximate surface area is 235 Å². The summed E-state index contributed by atoms with van der Waals surface area (Å²) in [6, 6.07) is 17.7. The van der Waals surface area contributed by atoms with Crippen LogP contribution < -0.4 is 9.46 Å².